The maximum atomic E-state index is 5.99. The third-order valence-electron chi connectivity index (χ3n) is 4.83. The van der Waals surface area contributed by atoms with Crippen LogP contribution in [0.3, 0.4) is 0 Å². The van der Waals surface area contributed by atoms with Crippen LogP contribution in [0.5, 0.6) is 0 Å². The lowest BCUT2D eigenvalue weighted by atomic mass is 9.76. The minimum absolute atomic E-state index is 0.579. The number of ether oxygens (including phenoxy) is 1. The summed E-state index contributed by atoms with van der Waals surface area (Å²) >= 11 is 2.63. The van der Waals surface area contributed by atoms with Gasteiger partial charge in [-0.25, -0.2) is 0 Å². The van der Waals surface area contributed by atoms with Crippen LogP contribution >= 0.6 is 22.6 Å². The summed E-state index contributed by atoms with van der Waals surface area (Å²) in [7, 11) is 0. The topological polar surface area (TPSA) is 9.23 Å². The molecule has 16 heavy (non-hydrogen) atoms. The van der Waals surface area contributed by atoms with Crippen LogP contribution in [0, 0.1) is 17.8 Å². The Kier molecular flexibility index (Phi) is 2.13. The molecule has 1 aromatic rings. The van der Waals surface area contributed by atoms with Crippen molar-refractivity contribution in [1.29, 1.82) is 0 Å². The maximum absolute atomic E-state index is 5.99. The molecule has 0 aromatic heterocycles. The van der Waals surface area contributed by atoms with Crippen LogP contribution in [0.2, 0.25) is 0 Å². The Labute approximate surface area is 110 Å². The lowest BCUT2D eigenvalue weighted by Crippen LogP contribution is -2.32. The second-order valence-electron chi connectivity index (χ2n) is 5.41. The highest BCUT2D eigenvalue weighted by Gasteiger charge is 2.61. The van der Waals surface area contributed by atoms with Gasteiger partial charge in [0.2, 0.25) is 0 Å². The second kappa shape index (κ2) is 3.45. The van der Waals surface area contributed by atoms with Crippen molar-refractivity contribution in [3.63, 3.8) is 0 Å². The van der Waals surface area contributed by atoms with Crippen LogP contribution in [0.1, 0.15) is 17.9 Å². The molecule has 1 nitrogen and oxygen atoms in total. The van der Waals surface area contributed by atoms with Gasteiger partial charge in [-0.1, -0.05) is 52.9 Å². The van der Waals surface area contributed by atoms with Crippen molar-refractivity contribution < 1.29 is 4.74 Å². The molecule has 2 bridgehead atoms. The van der Waals surface area contributed by atoms with Gasteiger partial charge < -0.3 is 4.74 Å². The molecule has 1 heterocycles. The van der Waals surface area contributed by atoms with E-state index in [-0.39, 0.29) is 0 Å². The molecule has 0 spiro atoms. The summed E-state index contributed by atoms with van der Waals surface area (Å²) in [5.41, 5.74) is 1.55. The molecular formula is C14H15IO. The molecule has 84 valence electrons. The fourth-order valence-electron chi connectivity index (χ4n) is 4.24. The van der Waals surface area contributed by atoms with Crippen LogP contribution in [-0.4, -0.2) is 16.6 Å². The first-order chi connectivity index (χ1) is 7.86. The zero-order valence-corrected chi connectivity index (χ0v) is 11.2. The quantitative estimate of drug-likeness (QED) is 0.569. The highest BCUT2D eigenvalue weighted by atomic mass is 127. The fourth-order valence-corrected chi connectivity index (χ4v) is 5.72. The number of fused-ring (bicyclic) bond motifs is 1. The van der Waals surface area contributed by atoms with Gasteiger partial charge in [-0.2, -0.15) is 0 Å². The summed E-state index contributed by atoms with van der Waals surface area (Å²) < 4.78 is 6.73. The summed E-state index contributed by atoms with van der Waals surface area (Å²) in [5.74, 6) is 3.30. The van der Waals surface area contributed by atoms with Gasteiger partial charge in [0.05, 0.1) is 12.7 Å². The Morgan fingerprint density at radius 3 is 2.69 bits per heavy atom. The van der Waals surface area contributed by atoms with Gasteiger partial charge in [-0.15, -0.1) is 0 Å². The van der Waals surface area contributed by atoms with Crippen molar-refractivity contribution in [1.82, 2.24) is 0 Å². The molecule has 1 saturated heterocycles. The Hall–Kier alpha value is -0.0900. The van der Waals surface area contributed by atoms with Crippen LogP contribution in [0.4, 0.5) is 0 Å². The van der Waals surface area contributed by atoms with E-state index >= 15 is 0 Å². The standard InChI is InChI=1S/C14H15IO/c15-13-10-6-9-11(7-16-14(9)13)12(10)8-4-2-1-3-5-8/h1-5,9-14H,6-7H2/t9-,10+,11-,12?,13?,14+/m1/s1. The number of hydrogen-bond donors (Lipinski definition) is 0. The maximum Gasteiger partial charge on any atom is 0.0727 e. The van der Waals surface area contributed by atoms with Crippen LogP contribution in [0.15, 0.2) is 30.3 Å². The molecule has 2 heteroatoms. The molecule has 2 saturated carbocycles. The third-order valence-corrected chi connectivity index (χ3v) is 6.46. The van der Waals surface area contributed by atoms with Gasteiger partial charge in [0.1, 0.15) is 0 Å². The predicted molar refractivity (Wildman–Crippen MR) is 71.8 cm³/mol. The van der Waals surface area contributed by atoms with Crippen molar-refractivity contribution >= 4 is 22.6 Å². The van der Waals surface area contributed by atoms with Gasteiger partial charge in [-0.3, -0.25) is 0 Å². The normalized spacial score (nSPS) is 48.8. The Morgan fingerprint density at radius 2 is 1.88 bits per heavy atom. The molecule has 0 N–H and O–H groups in total. The van der Waals surface area contributed by atoms with Gasteiger partial charge in [0.25, 0.3) is 0 Å². The summed E-state index contributed by atoms with van der Waals surface area (Å²) in [6.45, 7) is 1.00. The third kappa shape index (κ3) is 1.15. The van der Waals surface area contributed by atoms with Gasteiger partial charge in [0.15, 0.2) is 0 Å². The molecule has 3 fully saturated rings. The van der Waals surface area contributed by atoms with E-state index in [9.17, 15) is 0 Å². The molecule has 1 aromatic carbocycles. The van der Waals surface area contributed by atoms with Crippen molar-refractivity contribution in [2.45, 2.75) is 22.4 Å². The second-order valence-corrected chi connectivity index (χ2v) is 6.84. The molecule has 0 radical (unpaired) electrons. The SMILES string of the molecule is IC1[C@H]2C[C@H]3[C@@H]1OC[C@H]3C2c1ccccc1. The van der Waals surface area contributed by atoms with Crippen LogP contribution in [-0.2, 0) is 4.74 Å². The number of hydrogen-bond acceptors (Lipinski definition) is 1. The van der Waals surface area contributed by atoms with E-state index in [0.29, 0.717) is 6.10 Å². The molecule has 1 aliphatic heterocycles. The Bertz CT molecular complexity index is 404. The molecule has 4 rings (SSSR count). The van der Waals surface area contributed by atoms with Gasteiger partial charge >= 0.3 is 0 Å². The number of rotatable bonds is 1. The van der Waals surface area contributed by atoms with E-state index in [1.807, 2.05) is 0 Å². The monoisotopic (exact) mass is 326 g/mol. The molecule has 3 aliphatic rings. The molecule has 2 unspecified atom stereocenters. The number of alkyl halides is 1. The molecule has 0 amide bonds. The summed E-state index contributed by atoms with van der Waals surface area (Å²) in [5, 5.41) is 0. The number of halogens is 1. The zero-order chi connectivity index (χ0) is 10.7. The van der Waals surface area contributed by atoms with Crippen molar-refractivity contribution in [3.8, 4) is 0 Å². The van der Waals surface area contributed by atoms with Crippen LogP contribution < -0.4 is 0 Å². The lowest BCUT2D eigenvalue weighted by Gasteiger charge is -2.30. The van der Waals surface area contributed by atoms with E-state index < -0.39 is 0 Å². The fraction of sp³-hybridized carbons (Fsp3) is 0.571. The first kappa shape index (κ1) is 9.89. The molecular weight excluding hydrogens is 311 g/mol. The Morgan fingerprint density at radius 1 is 1.06 bits per heavy atom. The average molecular weight is 326 g/mol. The van der Waals surface area contributed by atoms with Crippen molar-refractivity contribution in [2.24, 2.45) is 17.8 Å². The highest BCUT2D eigenvalue weighted by molar-refractivity contribution is 14.1. The zero-order valence-electron chi connectivity index (χ0n) is 9.05. The van der Waals surface area contributed by atoms with Crippen molar-refractivity contribution in [3.05, 3.63) is 35.9 Å². The van der Waals surface area contributed by atoms with E-state index in [1.54, 1.807) is 5.56 Å². The summed E-state index contributed by atoms with van der Waals surface area (Å²) in [6, 6.07) is 11.1. The van der Waals surface area contributed by atoms with E-state index in [4.69, 9.17) is 4.74 Å². The van der Waals surface area contributed by atoms with E-state index in [1.165, 1.54) is 6.42 Å². The first-order valence-electron chi connectivity index (χ1n) is 6.17. The highest BCUT2D eigenvalue weighted by Crippen LogP contribution is 2.62. The number of benzene rings is 1. The van der Waals surface area contributed by atoms with E-state index in [2.05, 4.69) is 52.9 Å². The summed E-state index contributed by atoms with van der Waals surface area (Å²) in [4.78, 5) is 0. The average Bonchev–Trinajstić information content (AvgIpc) is 2.91. The minimum Gasteiger partial charge on any atom is -0.376 e. The molecule has 2 aliphatic carbocycles. The van der Waals surface area contributed by atoms with Crippen LogP contribution in [0.25, 0.3) is 0 Å². The lowest BCUT2D eigenvalue weighted by molar-refractivity contribution is 0.109. The smallest absolute Gasteiger partial charge is 0.0727 e. The molecule has 6 atom stereocenters. The largest absolute Gasteiger partial charge is 0.376 e. The van der Waals surface area contributed by atoms with Gasteiger partial charge in [-0.05, 0) is 35.7 Å². The minimum atomic E-state index is 0.579. The first-order valence-corrected chi connectivity index (χ1v) is 7.41. The Balaban J connectivity index is 1.76. The van der Waals surface area contributed by atoms with Crippen molar-refractivity contribution in [2.75, 3.05) is 6.61 Å². The van der Waals surface area contributed by atoms with E-state index in [0.717, 1.165) is 34.2 Å². The predicted octanol–water partition coefficient (Wildman–Crippen LogP) is 3.24. The summed E-state index contributed by atoms with van der Waals surface area (Å²) in [6.07, 6.45) is 1.98. The van der Waals surface area contributed by atoms with Gasteiger partial charge in [0, 0.05) is 3.92 Å².